The first-order chi connectivity index (χ1) is 13.0. The SMILES string of the molecule is CC(C)c1ccccc1NC(=O)[C@H](C)OC(=O)c1cccc2cccnc12. The number of anilines is 1. The molecular weight excluding hydrogens is 340 g/mol. The number of aromatic nitrogens is 1. The van der Waals surface area contributed by atoms with Crippen LogP contribution >= 0.6 is 0 Å². The second-order valence-corrected chi connectivity index (χ2v) is 6.66. The maximum atomic E-state index is 12.6. The molecule has 1 heterocycles. The monoisotopic (exact) mass is 362 g/mol. The Labute approximate surface area is 158 Å². The number of para-hydroxylation sites is 2. The molecule has 138 valence electrons. The topological polar surface area (TPSA) is 68.3 Å². The predicted octanol–water partition coefficient (Wildman–Crippen LogP) is 4.54. The molecule has 0 saturated carbocycles. The predicted molar refractivity (Wildman–Crippen MR) is 106 cm³/mol. The fourth-order valence-corrected chi connectivity index (χ4v) is 2.90. The highest BCUT2D eigenvalue weighted by Crippen LogP contribution is 2.24. The molecule has 0 unspecified atom stereocenters. The number of nitrogens with one attached hydrogen (secondary N) is 1. The van der Waals surface area contributed by atoms with Gasteiger partial charge in [-0.3, -0.25) is 9.78 Å². The van der Waals surface area contributed by atoms with Crippen LogP contribution in [-0.2, 0) is 9.53 Å². The average Bonchev–Trinajstić information content (AvgIpc) is 2.67. The Hall–Kier alpha value is -3.21. The van der Waals surface area contributed by atoms with Gasteiger partial charge >= 0.3 is 5.97 Å². The molecule has 0 aliphatic heterocycles. The minimum atomic E-state index is -0.934. The van der Waals surface area contributed by atoms with E-state index < -0.39 is 12.1 Å². The van der Waals surface area contributed by atoms with E-state index in [1.165, 1.54) is 0 Å². The van der Waals surface area contributed by atoms with E-state index >= 15 is 0 Å². The third-order valence-electron chi connectivity index (χ3n) is 4.35. The van der Waals surface area contributed by atoms with Crippen LogP contribution in [0.2, 0.25) is 0 Å². The highest BCUT2D eigenvalue weighted by molar-refractivity contribution is 6.04. The van der Waals surface area contributed by atoms with Gasteiger partial charge in [-0.05, 0) is 36.6 Å². The van der Waals surface area contributed by atoms with Gasteiger partial charge < -0.3 is 10.1 Å². The fourth-order valence-electron chi connectivity index (χ4n) is 2.90. The highest BCUT2D eigenvalue weighted by Gasteiger charge is 2.21. The number of carbonyl (C=O) groups is 2. The molecule has 0 bridgehead atoms. The molecule has 5 heteroatoms. The Morgan fingerprint density at radius 2 is 1.70 bits per heavy atom. The van der Waals surface area contributed by atoms with Crippen LogP contribution in [0.1, 0.15) is 42.6 Å². The second kappa shape index (κ2) is 7.99. The molecule has 0 saturated heterocycles. The number of esters is 1. The van der Waals surface area contributed by atoms with Crippen molar-refractivity contribution in [2.45, 2.75) is 32.8 Å². The van der Waals surface area contributed by atoms with Gasteiger partial charge in [0.25, 0.3) is 5.91 Å². The van der Waals surface area contributed by atoms with Crippen LogP contribution in [0.5, 0.6) is 0 Å². The van der Waals surface area contributed by atoms with E-state index in [0.29, 0.717) is 11.1 Å². The van der Waals surface area contributed by atoms with Gasteiger partial charge in [0.1, 0.15) is 0 Å². The number of benzene rings is 2. The number of pyridine rings is 1. The van der Waals surface area contributed by atoms with E-state index in [9.17, 15) is 9.59 Å². The van der Waals surface area contributed by atoms with Gasteiger partial charge in [0.2, 0.25) is 0 Å². The number of rotatable bonds is 5. The third-order valence-corrected chi connectivity index (χ3v) is 4.35. The van der Waals surface area contributed by atoms with Crippen molar-refractivity contribution in [2.24, 2.45) is 0 Å². The Morgan fingerprint density at radius 1 is 0.963 bits per heavy atom. The molecule has 0 fully saturated rings. The zero-order valence-corrected chi connectivity index (χ0v) is 15.6. The first kappa shape index (κ1) is 18.6. The summed E-state index contributed by atoms with van der Waals surface area (Å²) in [5.74, 6) is -0.676. The van der Waals surface area contributed by atoms with E-state index in [2.05, 4.69) is 24.1 Å². The summed E-state index contributed by atoms with van der Waals surface area (Å²) in [7, 11) is 0. The highest BCUT2D eigenvalue weighted by atomic mass is 16.5. The summed E-state index contributed by atoms with van der Waals surface area (Å²) in [4.78, 5) is 29.3. The van der Waals surface area contributed by atoms with Gasteiger partial charge in [0, 0.05) is 17.3 Å². The molecule has 1 amide bonds. The first-order valence-electron chi connectivity index (χ1n) is 8.92. The molecule has 2 aromatic carbocycles. The smallest absolute Gasteiger partial charge is 0.341 e. The summed E-state index contributed by atoms with van der Waals surface area (Å²) in [5.41, 5.74) is 2.66. The number of ether oxygens (including phenoxy) is 1. The van der Waals surface area contributed by atoms with Gasteiger partial charge in [-0.15, -0.1) is 0 Å². The minimum Gasteiger partial charge on any atom is -0.449 e. The number of nitrogens with zero attached hydrogens (tertiary/aromatic N) is 1. The van der Waals surface area contributed by atoms with Crippen LogP contribution in [0.15, 0.2) is 60.8 Å². The quantitative estimate of drug-likeness (QED) is 0.677. The summed E-state index contributed by atoms with van der Waals surface area (Å²) < 4.78 is 5.39. The van der Waals surface area contributed by atoms with Crippen LogP contribution in [0.3, 0.4) is 0 Å². The minimum absolute atomic E-state index is 0.265. The van der Waals surface area contributed by atoms with Gasteiger partial charge in [-0.1, -0.05) is 50.2 Å². The molecule has 1 N–H and O–H groups in total. The summed E-state index contributed by atoms with van der Waals surface area (Å²) in [6, 6.07) is 16.6. The molecule has 0 aliphatic carbocycles. The molecule has 27 heavy (non-hydrogen) atoms. The van der Waals surface area contributed by atoms with Gasteiger partial charge in [0.05, 0.1) is 11.1 Å². The molecule has 0 spiro atoms. The maximum Gasteiger partial charge on any atom is 0.341 e. The summed E-state index contributed by atoms with van der Waals surface area (Å²) in [5, 5.41) is 3.70. The number of carbonyl (C=O) groups excluding carboxylic acids is 2. The molecular formula is C22H22N2O3. The van der Waals surface area contributed by atoms with E-state index in [1.807, 2.05) is 36.4 Å². The summed E-state index contributed by atoms with van der Waals surface area (Å²) >= 11 is 0. The van der Waals surface area contributed by atoms with Crippen LogP contribution in [0.25, 0.3) is 10.9 Å². The lowest BCUT2D eigenvalue weighted by molar-refractivity contribution is -0.123. The Balaban J connectivity index is 1.74. The van der Waals surface area contributed by atoms with Gasteiger partial charge in [-0.2, -0.15) is 0 Å². The molecule has 1 aromatic heterocycles. The Kier molecular flexibility index (Phi) is 5.50. The van der Waals surface area contributed by atoms with Crippen molar-refractivity contribution < 1.29 is 14.3 Å². The van der Waals surface area contributed by atoms with E-state index in [-0.39, 0.29) is 11.8 Å². The van der Waals surface area contributed by atoms with E-state index in [0.717, 1.165) is 16.6 Å². The summed E-state index contributed by atoms with van der Waals surface area (Å²) in [6.07, 6.45) is 0.689. The Bertz CT molecular complexity index is 977. The van der Waals surface area contributed by atoms with Crippen molar-refractivity contribution >= 4 is 28.5 Å². The number of fused-ring (bicyclic) bond motifs is 1. The number of hydrogen-bond donors (Lipinski definition) is 1. The molecule has 1 atom stereocenters. The van der Waals surface area contributed by atoms with E-state index in [4.69, 9.17) is 4.74 Å². The zero-order valence-electron chi connectivity index (χ0n) is 15.6. The van der Waals surface area contributed by atoms with Crippen molar-refractivity contribution in [3.05, 3.63) is 71.9 Å². The number of amides is 1. The maximum absolute atomic E-state index is 12.6. The standard InChI is InChI=1S/C22H22N2O3/c1-14(2)17-10-4-5-12-19(17)24-21(25)15(3)27-22(26)18-11-6-8-16-9-7-13-23-20(16)18/h4-15H,1-3H3,(H,24,25)/t15-/m0/s1. The normalized spacial score (nSPS) is 12.0. The molecule has 3 aromatic rings. The number of hydrogen-bond acceptors (Lipinski definition) is 4. The van der Waals surface area contributed by atoms with Crippen LogP contribution in [-0.4, -0.2) is 23.0 Å². The van der Waals surface area contributed by atoms with Crippen LogP contribution in [0.4, 0.5) is 5.69 Å². The van der Waals surface area contributed by atoms with Crippen molar-refractivity contribution in [2.75, 3.05) is 5.32 Å². The lowest BCUT2D eigenvalue weighted by Gasteiger charge is -2.17. The van der Waals surface area contributed by atoms with Crippen LogP contribution in [0, 0.1) is 0 Å². The lowest BCUT2D eigenvalue weighted by Crippen LogP contribution is -2.30. The van der Waals surface area contributed by atoms with E-state index in [1.54, 1.807) is 31.3 Å². The largest absolute Gasteiger partial charge is 0.449 e. The molecule has 5 nitrogen and oxygen atoms in total. The lowest BCUT2D eigenvalue weighted by atomic mass is 10.0. The third kappa shape index (κ3) is 4.14. The molecule has 0 aliphatic rings. The zero-order chi connectivity index (χ0) is 19.4. The van der Waals surface area contributed by atoms with Gasteiger partial charge in [-0.25, -0.2) is 4.79 Å². The van der Waals surface area contributed by atoms with Crippen LogP contribution < -0.4 is 5.32 Å². The molecule has 3 rings (SSSR count). The Morgan fingerprint density at radius 3 is 2.48 bits per heavy atom. The van der Waals surface area contributed by atoms with Crippen molar-refractivity contribution in [1.29, 1.82) is 0 Å². The average molecular weight is 362 g/mol. The van der Waals surface area contributed by atoms with Crippen molar-refractivity contribution in [3.8, 4) is 0 Å². The van der Waals surface area contributed by atoms with Crippen molar-refractivity contribution in [1.82, 2.24) is 4.98 Å². The van der Waals surface area contributed by atoms with Gasteiger partial charge in [0.15, 0.2) is 6.10 Å². The second-order valence-electron chi connectivity index (χ2n) is 6.66. The summed E-state index contributed by atoms with van der Waals surface area (Å²) in [6.45, 7) is 5.67. The molecule has 0 radical (unpaired) electrons. The first-order valence-corrected chi connectivity index (χ1v) is 8.92. The fraction of sp³-hybridized carbons (Fsp3) is 0.227. The van der Waals surface area contributed by atoms with Crippen molar-refractivity contribution in [3.63, 3.8) is 0 Å².